The Morgan fingerprint density at radius 3 is 2.31 bits per heavy atom. The highest BCUT2D eigenvalue weighted by Crippen LogP contribution is 1.96. The summed E-state index contributed by atoms with van der Waals surface area (Å²) < 4.78 is 20.7. The molecule has 0 spiro atoms. The fourth-order valence-corrected chi connectivity index (χ4v) is 0.807. The normalized spacial score (nSPS) is 13.2. The summed E-state index contributed by atoms with van der Waals surface area (Å²) in [7, 11) is 1.64. The number of methoxy groups -OCH3 is 1. The summed E-state index contributed by atoms with van der Waals surface area (Å²) in [5.74, 6) is 0. The molecule has 0 aromatic heterocycles. The molecule has 0 saturated heterocycles. The van der Waals surface area contributed by atoms with Crippen LogP contribution in [-0.4, -0.2) is 46.4 Å². The van der Waals surface area contributed by atoms with Crippen molar-refractivity contribution in [3.63, 3.8) is 0 Å². The van der Waals surface area contributed by atoms with E-state index in [1.165, 1.54) is 0 Å². The van der Waals surface area contributed by atoms with Crippen molar-refractivity contribution in [2.75, 3.05) is 40.1 Å². The Labute approximate surface area is 80.1 Å². The predicted octanol–water partition coefficient (Wildman–Crippen LogP) is 1.05. The summed E-state index contributed by atoms with van der Waals surface area (Å²) in [6, 6.07) is 0. The molecular weight excluding hydrogens is 172 g/mol. The maximum Gasteiger partial charge on any atom is 0.180 e. The summed E-state index contributed by atoms with van der Waals surface area (Å²) in [6.45, 7) is 6.77. The standard InChI is InChI=1S/C9H20O4/c1-4-11-8-9(12-5-2)13-7-6-10-3/h9H,4-8H2,1-3H3. The summed E-state index contributed by atoms with van der Waals surface area (Å²) in [5.41, 5.74) is 0. The molecule has 0 radical (unpaired) electrons. The van der Waals surface area contributed by atoms with Gasteiger partial charge in [-0.2, -0.15) is 0 Å². The van der Waals surface area contributed by atoms with Gasteiger partial charge in [-0.05, 0) is 13.8 Å². The maximum absolute atomic E-state index is 5.35. The second-order valence-corrected chi connectivity index (χ2v) is 2.41. The van der Waals surface area contributed by atoms with Crippen LogP contribution >= 0.6 is 0 Å². The van der Waals surface area contributed by atoms with Gasteiger partial charge in [0.2, 0.25) is 0 Å². The van der Waals surface area contributed by atoms with Crippen molar-refractivity contribution in [3.05, 3.63) is 0 Å². The predicted molar refractivity (Wildman–Crippen MR) is 49.7 cm³/mol. The Balaban J connectivity index is 3.41. The van der Waals surface area contributed by atoms with E-state index in [1.54, 1.807) is 7.11 Å². The van der Waals surface area contributed by atoms with Crippen LogP contribution in [0.3, 0.4) is 0 Å². The van der Waals surface area contributed by atoms with Crippen LogP contribution in [0.4, 0.5) is 0 Å². The van der Waals surface area contributed by atoms with E-state index in [4.69, 9.17) is 18.9 Å². The van der Waals surface area contributed by atoms with Gasteiger partial charge in [-0.1, -0.05) is 0 Å². The van der Waals surface area contributed by atoms with Crippen LogP contribution in [0.5, 0.6) is 0 Å². The average Bonchev–Trinajstić information content (AvgIpc) is 2.14. The molecule has 0 aromatic carbocycles. The second kappa shape index (κ2) is 9.92. The van der Waals surface area contributed by atoms with Gasteiger partial charge >= 0.3 is 0 Å². The quantitative estimate of drug-likeness (QED) is 0.404. The Kier molecular flexibility index (Phi) is 9.80. The molecule has 4 heteroatoms. The minimum Gasteiger partial charge on any atom is -0.382 e. The zero-order chi connectivity index (χ0) is 9.94. The molecule has 0 saturated carbocycles. The van der Waals surface area contributed by atoms with Crippen LogP contribution in [0.25, 0.3) is 0 Å². The van der Waals surface area contributed by atoms with Crippen molar-refractivity contribution in [2.45, 2.75) is 20.1 Å². The van der Waals surface area contributed by atoms with E-state index in [2.05, 4.69) is 0 Å². The number of hydrogen-bond donors (Lipinski definition) is 0. The van der Waals surface area contributed by atoms with Gasteiger partial charge in [0, 0.05) is 20.3 Å². The first-order chi connectivity index (χ1) is 6.35. The largest absolute Gasteiger partial charge is 0.382 e. The molecule has 1 atom stereocenters. The van der Waals surface area contributed by atoms with Crippen LogP contribution in [0.15, 0.2) is 0 Å². The zero-order valence-electron chi connectivity index (χ0n) is 8.75. The van der Waals surface area contributed by atoms with E-state index < -0.39 is 0 Å². The second-order valence-electron chi connectivity index (χ2n) is 2.41. The molecule has 0 amide bonds. The van der Waals surface area contributed by atoms with Gasteiger partial charge in [0.05, 0.1) is 19.8 Å². The lowest BCUT2D eigenvalue weighted by Crippen LogP contribution is -2.25. The number of ether oxygens (including phenoxy) is 4. The Hall–Kier alpha value is -0.160. The monoisotopic (exact) mass is 192 g/mol. The van der Waals surface area contributed by atoms with Crippen molar-refractivity contribution >= 4 is 0 Å². The van der Waals surface area contributed by atoms with Gasteiger partial charge in [-0.3, -0.25) is 0 Å². The summed E-state index contributed by atoms with van der Waals surface area (Å²) in [5, 5.41) is 0. The van der Waals surface area contributed by atoms with Crippen LogP contribution in [0, 0.1) is 0 Å². The van der Waals surface area contributed by atoms with Crippen molar-refractivity contribution < 1.29 is 18.9 Å². The molecule has 80 valence electrons. The van der Waals surface area contributed by atoms with Crippen molar-refractivity contribution in [1.82, 2.24) is 0 Å². The van der Waals surface area contributed by atoms with Crippen LogP contribution in [0.1, 0.15) is 13.8 Å². The topological polar surface area (TPSA) is 36.9 Å². The molecule has 0 aliphatic heterocycles. The summed E-state index contributed by atoms with van der Waals surface area (Å²) in [6.07, 6.45) is -0.264. The first-order valence-electron chi connectivity index (χ1n) is 4.65. The minimum atomic E-state index is -0.264. The van der Waals surface area contributed by atoms with Crippen LogP contribution in [0.2, 0.25) is 0 Å². The van der Waals surface area contributed by atoms with Gasteiger partial charge in [-0.25, -0.2) is 0 Å². The molecule has 0 rings (SSSR count). The van der Waals surface area contributed by atoms with E-state index in [1.807, 2.05) is 13.8 Å². The molecule has 0 aromatic rings. The fourth-order valence-electron chi connectivity index (χ4n) is 0.807. The lowest BCUT2D eigenvalue weighted by molar-refractivity contribution is -0.174. The first kappa shape index (κ1) is 12.8. The van der Waals surface area contributed by atoms with E-state index in [0.29, 0.717) is 33.0 Å². The van der Waals surface area contributed by atoms with E-state index in [9.17, 15) is 0 Å². The lowest BCUT2D eigenvalue weighted by Gasteiger charge is -2.17. The van der Waals surface area contributed by atoms with Crippen molar-refractivity contribution in [3.8, 4) is 0 Å². The molecule has 0 aliphatic carbocycles. The lowest BCUT2D eigenvalue weighted by atomic mass is 10.6. The third kappa shape index (κ3) is 8.18. The maximum atomic E-state index is 5.35. The van der Waals surface area contributed by atoms with Gasteiger partial charge < -0.3 is 18.9 Å². The molecule has 0 heterocycles. The highest BCUT2D eigenvalue weighted by atomic mass is 16.7. The minimum absolute atomic E-state index is 0.264. The SMILES string of the molecule is CCOCC(OCC)OCCOC. The Morgan fingerprint density at radius 1 is 1.00 bits per heavy atom. The van der Waals surface area contributed by atoms with E-state index in [0.717, 1.165) is 0 Å². The highest BCUT2D eigenvalue weighted by Gasteiger charge is 2.07. The van der Waals surface area contributed by atoms with Crippen molar-refractivity contribution in [2.24, 2.45) is 0 Å². The van der Waals surface area contributed by atoms with Crippen LogP contribution in [-0.2, 0) is 18.9 Å². The smallest absolute Gasteiger partial charge is 0.180 e. The van der Waals surface area contributed by atoms with Gasteiger partial charge in [-0.15, -0.1) is 0 Å². The third-order valence-electron chi connectivity index (χ3n) is 1.40. The molecule has 0 N–H and O–H groups in total. The van der Waals surface area contributed by atoms with Gasteiger partial charge in [0.25, 0.3) is 0 Å². The van der Waals surface area contributed by atoms with E-state index in [-0.39, 0.29) is 6.29 Å². The molecule has 13 heavy (non-hydrogen) atoms. The third-order valence-corrected chi connectivity index (χ3v) is 1.40. The molecular formula is C9H20O4. The van der Waals surface area contributed by atoms with E-state index >= 15 is 0 Å². The summed E-state index contributed by atoms with van der Waals surface area (Å²) >= 11 is 0. The number of rotatable bonds is 9. The number of hydrogen-bond acceptors (Lipinski definition) is 4. The molecule has 0 aliphatic rings. The highest BCUT2D eigenvalue weighted by molar-refractivity contribution is 4.41. The zero-order valence-corrected chi connectivity index (χ0v) is 8.75. The van der Waals surface area contributed by atoms with Gasteiger partial charge in [0.1, 0.15) is 0 Å². The fraction of sp³-hybridized carbons (Fsp3) is 1.00. The first-order valence-corrected chi connectivity index (χ1v) is 4.65. The Morgan fingerprint density at radius 2 is 1.77 bits per heavy atom. The van der Waals surface area contributed by atoms with Crippen LogP contribution < -0.4 is 0 Å². The summed E-state index contributed by atoms with van der Waals surface area (Å²) in [4.78, 5) is 0. The molecule has 1 unspecified atom stereocenters. The molecule has 4 nitrogen and oxygen atoms in total. The molecule has 0 bridgehead atoms. The molecule has 0 fully saturated rings. The van der Waals surface area contributed by atoms with Crippen molar-refractivity contribution in [1.29, 1.82) is 0 Å². The Bertz CT molecular complexity index is 97.6. The average molecular weight is 192 g/mol. The van der Waals surface area contributed by atoms with Gasteiger partial charge in [0.15, 0.2) is 6.29 Å².